The zero-order chi connectivity index (χ0) is 50.7. The van der Waals surface area contributed by atoms with Crippen molar-refractivity contribution in [1.29, 1.82) is 0 Å². The molecule has 0 aliphatic heterocycles. The lowest BCUT2D eigenvalue weighted by molar-refractivity contribution is 0.436. The second-order valence-electron chi connectivity index (χ2n) is 22.3. The molecule has 2 nitrogen and oxygen atoms in total. The molecule has 0 amide bonds. The molecule has 8 rings (SSSR count). The van der Waals surface area contributed by atoms with E-state index in [2.05, 4.69) is 266 Å². The first-order valence-electron chi connectivity index (χ1n) is 25.8. The summed E-state index contributed by atoms with van der Waals surface area (Å²) >= 11 is 0. The molecule has 0 saturated carbocycles. The fraction of sp³-hybridized carbons (Fsp3) is 0.275. The van der Waals surface area contributed by atoms with Gasteiger partial charge in [-0.3, -0.25) is 0 Å². The number of fused-ring (bicyclic) bond motifs is 1. The van der Waals surface area contributed by atoms with Crippen molar-refractivity contribution in [2.45, 2.75) is 120 Å². The van der Waals surface area contributed by atoms with Crippen LogP contribution in [0.5, 0.6) is 0 Å². The molecular weight excluding hydrogens is 857 g/mol. The molecule has 0 saturated heterocycles. The smallest absolute Gasteiger partial charge is 0.0973 e. The van der Waals surface area contributed by atoms with Crippen LogP contribution >= 0.6 is 0 Å². The molecule has 0 fully saturated rings. The van der Waals surface area contributed by atoms with Crippen LogP contribution in [-0.4, -0.2) is 9.97 Å². The molecule has 0 aliphatic carbocycles. The van der Waals surface area contributed by atoms with Crippen molar-refractivity contribution in [2.24, 2.45) is 5.41 Å². The Kier molecular flexibility index (Phi) is 14.8. The summed E-state index contributed by atoms with van der Waals surface area (Å²) in [5.41, 5.74) is 24.4. The SMILES string of the molecule is CCCC(C)(C/C=C(\C)c1ccc(-c2ccc(C(C)(C)C)cc2C)c(C)c1)c1ccc(/C(C)=C/C=C(\C)C(C)(C)C)c2nc(-c3ccc(-c4ccccc4)cc3)c(-c3ccc(-c4ccccc4)cc3)nc12. The van der Waals surface area contributed by atoms with Crippen molar-refractivity contribution in [2.75, 3.05) is 0 Å². The second kappa shape index (κ2) is 20.8. The highest BCUT2D eigenvalue weighted by Crippen LogP contribution is 2.43. The Morgan fingerprint density at radius 1 is 0.493 bits per heavy atom. The molecule has 0 radical (unpaired) electrons. The van der Waals surface area contributed by atoms with Crippen molar-refractivity contribution in [3.05, 3.63) is 215 Å². The zero-order valence-corrected chi connectivity index (χ0v) is 44.8. The molecule has 1 atom stereocenters. The zero-order valence-electron chi connectivity index (χ0n) is 44.8. The number of nitrogens with zero attached hydrogens (tertiary/aromatic N) is 2. The molecular formula is C69H74N2. The van der Waals surface area contributed by atoms with Crippen LogP contribution in [0.1, 0.15) is 129 Å². The van der Waals surface area contributed by atoms with Gasteiger partial charge in [0.05, 0.1) is 22.4 Å². The van der Waals surface area contributed by atoms with E-state index in [9.17, 15) is 0 Å². The largest absolute Gasteiger partial charge is 0.244 e. The highest BCUT2D eigenvalue weighted by Gasteiger charge is 2.30. The van der Waals surface area contributed by atoms with E-state index in [1.54, 1.807) is 0 Å². The molecule has 1 unspecified atom stereocenters. The molecule has 0 N–H and O–H groups in total. The highest BCUT2D eigenvalue weighted by molar-refractivity contribution is 5.96. The van der Waals surface area contributed by atoms with Crippen LogP contribution in [-0.2, 0) is 10.8 Å². The minimum Gasteiger partial charge on any atom is -0.244 e. The van der Waals surface area contributed by atoms with Crippen molar-refractivity contribution in [3.63, 3.8) is 0 Å². The summed E-state index contributed by atoms with van der Waals surface area (Å²) in [5, 5.41) is 0. The summed E-state index contributed by atoms with van der Waals surface area (Å²) in [6.07, 6.45) is 9.92. The van der Waals surface area contributed by atoms with Crippen molar-refractivity contribution >= 4 is 22.2 Å². The first-order chi connectivity index (χ1) is 33.8. The van der Waals surface area contributed by atoms with Gasteiger partial charge >= 0.3 is 0 Å². The van der Waals surface area contributed by atoms with Gasteiger partial charge in [0, 0.05) is 16.7 Å². The summed E-state index contributed by atoms with van der Waals surface area (Å²) in [7, 11) is 0. The third-order valence-electron chi connectivity index (χ3n) is 14.9. The second-order valence-corrected chi connectivity index (χ2v) is 22.3. The molecule has 7 aromatic carbocycles. The van der Waals surface area contributed by atoms with Crippen LogP contribution in [0.3, 0.4) is 0 Å². The summed E-state index contributed by atoms with van der Waals surface area (Å²) in [6, 6.07) is 57.6. The third kappa shape index (κ3) is 11.2. The first-order valence-corrected chi connectivity index (χ1v) is 25.8. The van der Waals surface area contributed by atoms with Crippen LogP contribution in [0.4, 0.5) is 0 Å². The van der Waals surface area contributed by atoms with Gasteiger partial charge in [-0.25, -0.2) is 9.97 Å². The molecule has 0 bridgehead atoms. The Hall–Kier alpha value is -6.90. The number of rotatable bonds is 13. The topological polar surface area (TPSA) is 25.8 Å². The lowest BCUT2D eigenvalue weighted by Gasteiger charge is -2.31. The van der Waals surface area contributed by atoms with Gasteiger partial charge < -0.3 is 0 Å². The number of allylic oxidation sites excluding steroid dienone is 6. The van der Waals surface area contributed by atoms with Crippen LogP contribution in [0.15, 0.2) is 182 Å². The van der Waals surface area contributed by atoms with Gasteiger partial charge in [-0.05, 0) is 136 Å². The average Bonchev–Trinajstić information content (AvgIpc) is 3.36. The van der Waals surface area contributed by atoms with E-state index in [1.807, 2.05) is 0 Å². The number of hydrogen-bond donors (Lipinski definition) is 0. The van der Waals surface area contributed by atoms with Crippen molar-refractivity contribution in [3.8, 4) is 55.9 Å². The maximum absolute atomic E-state index is 5.87. The molecule has 1 heterocycles. The van der Waals surface area contributed by atoms with E-state index in [-0.39, 0.29) is 16.2 Å². The number of aromatic nitrogens is 2. The highest BCUT2D eigenvalue weighted by atomic mass is 14.8. The Bertz CT molecular complexity index is 3260. The van der Waals surface area contributed by atoms with Crippen LogP contribution in [0.25, 0.3) is 78.1 Å². The number of benzene rings is 7. The van der Waals surface area contributed by atoms with E-state index >= 15 is 0 Å². The van der Waals surface area contributed by atoms with Crippen LogP contribution in [0, 0.1) is 19.3 Å². The van der Waals surface area contributed by atoms with Gasteiger partial charge in [-0.2, -0.15) is 0 Å². The third-order valence-corrected chi connectivity index (χ3v) is 14.9. The molecule has 0 aliphatic rings. The molecule has 71 heavy (non-hydrogen) atoms. The monoisotopic (exact) mass is 931 g/mol. The van der Waals surface area contributed by atoms with E-state index in [0.717, 1.165) is 63.9 Å². The van der Waals surface area contributed by atoms with Gasteiger partial charge in [0.25, 0.3) is 0 Å². The standard InChI is InChI=1S/C69H74N2/c1-14-42-69(13,43-41-46(2)57-35-37-59(48(4)44-57)60-38-36-58(45-49(60)5)68(10,11)12)62-40-39-61(47(3)25-26-50(6)67(7,8)9)65-66(62)71-64(56-33-29-54(30-34-56)52-23-19-16-20-24-52)63(70-65)55-31-27-53(28-32-55)51-21-17-15-18-22-51/h15-41,44-45H,14,42-43H2,1-13H3/b46-41+,47-25+,50-26+. The minimum absolute atomic E-state index is 0.0678. The lowest BCUT2D eigenvalue weighted by atomic mass is 9.74. The first kappa shape index (κ1) is 50.5. The Morgan fingerprint density at radius 2 is 0.986 bits per heavy atom. The van der Waals surface area contributed by atoms with Crippen LogP contribution < -0.4 is 0 Å². The normalized spacial score (nSPS) is 13.7. The predicted octanol–water partition coefficient (Wildman–Crippen LogP) is 19.8. The molecule has 1 aromatic heterocycles. The number of hydrogen-bond acceptors (Lipinski definition) is 2. The fourth-order valence-corrected chi connectivity index (χ4v) is 9.87. The van der Waals surface area contributed by atoms with E-state index in [1.165, 1.54) is 72.3 Å². The quantitative estimate of drug-likeness (QED) is 0.108. The van der Waals surface area contributed by atoms with E-state index < -0.39 is 0 Å². The Labute approximate surface area is 426 Å². The van der Waals surface area contributed by atoms with E-state index in [0.29, 0.717) is 0 Å². The summed E-state index contributed by atoms with van der Waals surface area (Å²) in [4.78, 5) is 11.7. The Balaban J connectivity index is 1.28. The summed E-state index contributed by atoms with van der Waals surface area (Å²) < 4.78 is 0. The summed E-state index contributed by atoms with van der Waals surface area (Å²) in [6.45, 7) is 29.7. The fourth-order valence-electron chi connectivity index (χ4n) is 9.87. The van der Waals surface area contributed by atoms with Gasteiger partial charge in [-0.1, -0.05) is 243 Å². The average molecular weight is 931 g/mol. The van der Waals surface area contributed by atoms with Gasteiger partial charge in [-0.15, -0.1) is 0 Å². The van der Waals surface area contributed by atoms with Gasteiger partial charge in [0.1, 0.15) is 0 Å². The summed E-state index contributed by atoms with van der Waals surface area (Å²) in [5.74, 6) is 0. The van der Waals surface area contributed by atoms with Gasteiger partial charge in [0.15, 0.2) is 0 Å². The van der Waals surface area contributed by atoms with E-state index in [4.69, 9.17) is 9.97 Å². The van der Waals surface area contributed by atoms with Gasteiger partial charge in [0.2, 0.25) is 0 Å². The van der Waals surface area contributed by atoms with Crippen molar-refractivity contribution in [1.82, 2.24) is 9.97 Å². The lowest BCUT2D eigenvalue weighted by Crippen LogP contribution is -2.22. The predicted molar refractivity (Wildman–Crippen MR) is 309 cm³/mol. The maximum Gasteiger partial charge on any atom is 0.0973 e. The molecule has 0 spiro atoms. The minimum atomic E-state index is -0.226. The van der Waals surface area contributed by atoms with Crippen LogP contribution in [0.2, 0.25) is 0 Å². The van der Waals surface area contributed by atoms with Crippen molar-refractivity contribution < 1.29 is 0 Å². The molecule has 2 heteroatoms. The number of aryl methyl sites for hydroxylation is 2. The molecule has 360 valence electrons. The Morgan fingerprint density at radius 3 is 1.48 bits per heavy atom. The molecule has 8 aromatic rings. The maximum atomic E-state index is 5.87.